The molecule has 1 N–H and O–H groups in total. The number of benzene rings is 4. The van der Waals surface area contributed by atoms with E-state index in [1.807, 2.05) is 46.0 Å². The second-order valence-corrected chi connectivity index (χ2v) is 14.4. The van der Waals surface area contributed by atoms with Crippen molar-refractivity contribution < 1.29 is 30.0 Å². The van der Waals surface area contributed by atoms with Crippen LogP contribution in [-0.2, 0) is 30.3 Å². The normalized spacial score (nSPS) is 13.5. The zero-order chi connectivity index (χ0) is 35.0. The Hall–Kier alpha value is -3.92. The van der Waals surface area contributed by atoms with Crippen LogP contribution in [-0.4, -0.2) is 20.9 Å². The van der Waals surface area contributed by atoms with Crippen LogP contribution >= 0.6 is 0 Å². The molecule has 1 aliphatic carbocycles. The maximum atomic E-state index is 11.7. The third-order valence-corrected chi connectivity index (χ3v) is 10.8. The number of fused-ring (bicyclic) bond motifs is 7. The molecule has 5 heteroatoms. The first-order valence-electron chi connectivity index (χ1n) is 18.1. The van der Waals surface area contributed by atoms with Gasteiger partial charge in [0.05, 0.1) is 5.76 Å². The van der Waals surface area contributed by atoms with E-state index in [4.69, 9.17) is 9.97 Å². The minimum atomic E-state index is -0.268. The molecule has 0 aliphatic heterocycles. The van der Waals surface area contributed by atoms with Crippen molar-refractivity contribution in [3.8, 4) is 11.3 Å². The fraction of sp³-hybridized carbons (Fsp3) is 0.356. The average Bonchev–Trinajstić information content (AvgIpc) is 3.10. The molecule has 0 saturated carbocycles. The molecule has 4 aromatic carbocycles. The van der Waals surface area contributed by atoms with Crippen LogP contribution in [0.4, 0.5) is 0 Å². The van der Waals surface area contributed by atoms with Gasteiger partial charge >= 0.3 is 0 Å². The van der Waals surface area contributed by atoms with Crippen molar-refractivity contribution in [1.29, 1.82) is 0 Å². The SMILES string of the molecule is CC(C)c1ccc2ccc3c4ccnc5c4c(cc3c2c1)C(C)(C)c1nc2ccccc2[c-]c1-5.CCC(CC)C(=O)/C=C(\O)C(CC)CC.[Ir]. The number of para-hydroxylation sites is 1. The number of aliphatic hydroxyl groups excluding tert-OH is 1. The summed E-state index contributed by atoms with van der Waals surface area (Å²) in [5.41, 5.74) is 6.47. The van der Waals surface area contributed by atoms with Gasteiger partial charge in [-0.05, 0) is 92.3 Å². The van der Waals surface area contributed by atoms with E-state index in [-0.39, 0.29) is 48.9 Å². The molecular formula is C45H49IrN2O2-. The summed E-state index contributed by atoms with van der Waals surface area (Å²) in [5, 5.41) is 18.5. The molecule has 0 fully saturated rings. The summed E-state index contributed by atoms with van der Waals surface area (Å²) in [7, 11) is 0. The van der Waals surface area contributed by atoms with Crippen LogP contribution in [0, 0.1) is 17.9 Å². The van der Waals surface area contributed by atoms with Crippen LogP contribution in [0.1, 0.15) is 104 Å². The van der Waals surface area contributed by atoms with Crippen LogP contribution in [0.15, 0.2) is 84.8 Å². The number of aromatic nitrogens is 2. The number of aliphatic hydroxyl groups is 1. The van der Waals surface area contributed by atoms with Gasteiger partial charge in [-0.2, -0.15) is 0 Å². The van der Waals surface area contributed by atoms with Crippen molar-refractivity contribution >= 4 is 49.0 Å². The zero-order valence-corrected chi connectivity index (χ0v) is 33.0. The molecule has 2 aromatic heterocycles. The molecule has 0 unspecified atom stereocenters. The fourth-order valence-electron chi connectivity index (χ4n) is 7.55. The van der Waals surface area contributed by atoms with Crippen molar-refractivity contribution in [2.45, 2.75) is 92.4 Å². The molecule has 1 aliphatic rings. The van der Waals surface area contributed by atoms with E-state index in [9.17, 15) is 9.90 Å². The summed E-state index contributed by atoms with van der Waals surface area (Å²) in [6.45, 7) is 17.2. The Kier molecular flexibility index (Phi) is 11.3. The van der Waals surface area contributed by atoms with Gasteiger partial charge in [-0.3, -0.25) is 9.78 Å². The summed E-state index contributed by atoms with van der Waals surface area (Å²) in [5.74, 6) is 1.04. The Bertz CT molecular complexity index is 2220. The predicted molar refractivity (Wildman–Crippen MR) is 206 cm³/mol. The molecule has 0 spiro atoms. The summed E-state index contributed by atoms with van der Waals surface area (Å²) in [4.78, 5) is 21.8. The number of carbonyl (C=O) groups is 1. The van der Waals surface area contributed by atoms with Gasteiger partial charge in [0.2, 0.25) is 0 Å². The summed E-state index contributed by atoms with van der Waals surface area (Å²) < 4.78 is 0. The van der Waals surface area contributed by atoms with Crippen LogP contribution < -0.4 is 0 Å². The van der Waals surface area contributed by atoms with E-state index in [0.29, 0.717) is 5.92 Å². The van der Waals surface area contributed by atoms with E-state index < -0.39 is 0 Å². The number of carbonyl (C=O) groups excluding carboxylic acids is 1. The molecule has 6 aromatic rings. The number of hydrogen-bond donors (Lipinski definition) is 1. The number of ketones is 1. The van der Waals surface area contributed by atoms with Gasteiger partial charge in [0.15, 0.2) is 5.78 Å². The van der Waals surface area contributed by atoms with Crippen molar-refractivity contribution in [3.63, 3.8) is 0 Å². The first kappa shape index (κ1) is 37.3. The van der Waals surface area contributed by atoms with Crippen molar-refractivity contribution in [3.05, 3.63) is 108 Å². The Morgan fingerprint density at radius 1 is 0.840 bits per heavy atom. The predicted octanol–water partition coefficient (Wildman–Crippen LogP) is 12.2. The molecule has 7 rings (SSSR count). The molecule has 1 radical (unpaired) electrons. The standard InChI is InChI=1S/C32H25N2.C13H24O2.Ir/c1-18(2)20-10-9-19-11-12-22-23-13-14-33-30-26-16-21-7-5-6-8-28(21)34-31(26)32(3,4)27(29(23)30)17-25(22)24(19)15-20;1-5-10(6-2)12(14)9-13(15)11(7-3)8-4;/h5-15,17-18H,1-4H3;9-11,14H,5-8H2,1-4H3;/q-1;;/b;12-9-;. The van der Waals surface area contributed by atoms with Gasteiger partial charge in [0, 0.05) is 55.3 Å². The van der Waals surface area contributed by atoms with Gasteiger partial charge in [-0.25, -0.2) is 0 Å². The van der Waals surface area contributed by atoms with Crippen LogP contribution in [0.5, 0.6) is 0 Å². The second kappa shape index (κ2) is 15.1. The first-order chi connectivity index (χ1) is 23.5. The van der Waals surface area contributed by atoms with E-state index in [2.05, 4.69) is 88.4 Å². The second-order valence-electron chi connectivity index (χ2n) is 14.4. The number of allylic oxidation sites excluding steroid dienone is 2. The van der Waals surface area contributed by atoms with Crippen molar-refractivity contribution in [2.24, 2.45) is 11.8 Å². The van der Waals surface area contributed by atoms with Gasteiger partial charge in [0.25, 0.3) is 0 Å². The van der Waals surface area contributed by atoms with E-state index in [1.165, 1.54) is 49.5 Å². The topological polar surface area (TPSA) is 63.1 Å². The molecular weight excluding hydrogens is 793 g/mol. The van der Waals surface area contributed by atoms with Gasteiger partial charge < -0.3 is 10.1 Å². The largest absolute Gasteiger partial charge is 0.512 e. The monoisotopic (exact) mass is 842 g/mol. The van der Waals surface area contributed by atoms with E-state index in [1.54, 1.807) is 0 Å². The summed E-state index contributed by atoms with van der Waals surface area (Å²) in [6.07, 6.45) is 6.85. The zero-order valence-electron chi connectivity index (χ0n) is 30.6. The number of nitrogens with zero attached hydrogens (tertiary/aromatic N) is 2. The van der Waals surface area contributed by atoms with Crippen molar-refractivity contribution in [2.75, 3.05) is 0 Å². The molecule has 0 bridgehead atoms. The third-order valence-electron chi connectivity index (χ3n) is 10.8. The van der Waals surface area contributed by atoms with Crippen LogP contribution in [0.25, 0.3) is 54.5 Å². The van der Waals surface area contributed by atoms with Gasteiger partial charge in [-0.1, -0.05) is 121 Å². The number of hydrogen-bond acceptors (Lipinski definition) is 4. The van der Waals surface area contributed by atoms with E-state index in [0.717, 1.165) is 53.5 Å². The fourth-order valence-corrected chi connectivity index (χ4v) is 7.55. The summed E-state index contributed by atoms with van der Waals surface area (Å²) >= 11 is 0. The smallest absolute Gasteiger partial charge is 0.162 e. The minimum absolute atomic E-state index is 0. The Morgan fingerprint density at radius 3 is 2.20 bits per heavy atom. The molecule has 50 heavy (non-hydrogen) atoms. The Morgan fingerprint density at radius 2 is 1.52 bits per heavy atom. The average molecular weight is 842 g/mol. The molecule has 0 amide bonds. The quantitative estimate of drug-likeness (QED) is 0.0718. The number of pyridine rings is 2. The maximum Gasteiger partial charge on any atom is 0.162 e. The maximum absolute atomic E-state index is 11.7. The molecule has 4 nitrogen and oxygen atoms in total. The van der Waals surface area contributed by atoms with E-state index >= 15 is 0 Å². The minimum Gasteiger partial charge on any atom is -0.512 e. The van der Waals surface area contributed by atoms with Crippen molar-refractivity contribution in [1.82, 2.24) is 9.97 Å². The molecule has 2 heterocycles. The molecule has 261 valence electrons. The molecule has 0 atom stereocenters. The first-order valence-corrected chi connectivity index (χ1v) is 18.1. The van der Waals surface area contributed by atoms with Crippen LogP contribution in [0.3, 0.4) is 0 Å². The molecule has 0 saturated heterocycles. The van der Waals surface area contributed by atoms with Gasteiger partial charge in [-0.15, -0.1) is 12.1 Å². The Balaban J connectivity index is 0.000000261. The summed E-state index contributed by atoms with van der Waals surface area (Å²) in [6, 6.07) is 28.0. The van der Waals surface area contributed by atoms with Gasteiger partial charge in [0.1, 0.15) is 0 Å². The van der Waals surface area contributed by atoms with Crippen LogP contribution in [0.2, 0.25) is 0 Å². The number of rotatable bonds is 8. The third kappa shape index (κ3) is 6.63. The Labute approximate surface area is 310 Å².